The molecule has 0 saturated carbocycles. The topological polar surface area (TPSA) is 17.1 Å². The van der Waals surface area contributed by atoms with Gasteiger partial charge >= 0.3 is 0 Å². The van der Waals surface area contributed by atoms with E-state index < -0.39 is 12.3 Å². The molecule has 0 aliphatic heterocycles. The minimum absolute atomic E-state index is 0.0828. The van der Waals surface area contributed by atoms with Crippen LogP contribution < -0.4 is 0 Å². The normalized spacial score (nSPS) is 13.6. The lowest BCUT2D eigenvalue weighted by atomic mass is 9.92. The largest absolute Gasteiger partial charge is 0.300 e. The average molecular weight is 206 g/mol. The molecule has 0 aromatic carbocycles. The van der Waals surface area contributed by atoms with E-state index in [2.05, 4.69) is 0 Å². The van der Waals surface area contributed by atoms with Gasteiger partial charge in [-0.25, -0.2) is 8.78 Å². The smallest absolute Gasteiger partial charge is 0.241 e. The summed E-state index contributed by atoms with van der Waals surface area (Å²) in [6, 6.07) is 0. The molecule has 84 valence electrons. The first kappa shape index (κ1) is 13.5. The van der Waals surface area contributed by atoms with Crippen LogP contribution in [0.5, 0.6) is 0 Å². The van der Waals surface area contributed by atoms with Crippen LogP contribution in [0, 0.1) is 11.8 Å². The summed E-state index contributed by atoms with van der Waals surface area (Å²) < 4.78 is 25.0. The molecule has 0 heterocycles. The Morgan fingerprint density at radius 2 is 1.86 bits per heavy atom. The van der Waals surface area contributed by atoms with E-state index in [9.17, 15) is 13.6 Å². The van der Waals surface area contributed by atoms with Gasteiger partial charge in [-0.15, -0.1) is 0 Å². The van der Waals surface area contributed by atoms with Gasteiger partial charge < -0.3 is 0 Å². The van der Waals surface area contributed by atoms with Crippen molar-refractivity contribution in [2.24, 2.45) is 11.8 Å². The summed E-state index contributed by atoms with van der Waals surface area (Å²) in [4.78, 5) is 11.0. The van der Waals surface area contributed by atoms with Gasteiger partial charge in [0.2, 0.25) is 6.43 Å². The van der Waals surface area contributed by atoms with E-state index in [1.54, 1.807) is 6.92 Å². The molecule has 0 saturated heterocycles. The van der Waals surface area contributed by atoms with E-state index in [0.29, 0.717) is 25.7 Å². The third kappa shape index (κ3) is 6.06. The third-order valence-corrected chi connectivity index (χ3v) is 2.32. The van der Waals surface area contributed by atoms with Gasteiger partial charge in [-0.05, 0) is 18.8 Å². The van der Waals surface area contributed by atoms with E-state index in [-0.39, 0.29) is 11.7 Å². The molecule has 1 atom stereocenters. The van der Waals surface area contributed by atoms with Crippen molar-refractivity contribution in [1.82, 2.24) is 0 Å². The second-order valence-electron chi connectivity index (χ2n) is 4.15. The highest BCUT2D eigenvalue weighted by Crippen LogP contribution is 2.24. The van der Waals surface area contributed by atoms with Crippen LogP contribution in [0.3, 0.4) is 0 Å². The van der Waals surface area contributed by atoms with Crippen LogP contribution in [0.2, 0.25) is 0 Å². The minimum Gasteiger partial charge on any atom is -0.300 e. The second-order valence-corrected chi connectivity index (χ2v) is 4.15. The van der Waals surface area contributed by atoms with Gasteiger partial charge in [-0.2, -0.15) is 0 Å². The summed E-state index contributed by atoms with van der Waals surface area (Å²) in [6.45, 7) is 5.62. The molecule has 0 radical (unpaired) electrons. The summed E-state index contributed by atoms with van der Waals surface area (Å²) in [5.74, 6) is -0.254. The lowest BCUT2D eigenvalue weighted by molar-refractivity contribution is -0.119. The van der Waals surface area contributed by atoms with Crippen molar-refractivity contribution in [3.8, 4) is 0 Å². The molecule has 0 spiro atoms. The zero-order valence-electron chi connectivity index (χ0n) is 9.22. The van der Waals surface area contributed by atoms with Crippen LogP contribution >= 0.6 is 0 Å². The zero-order valence-corrected chi connectivity index (χ0v) is 9.22. The van der Waals surface area contributed by atoms with Crippen molar-refractivity contribution in [2.75, 3.05) is 0 Å². The van der Waals surface area contributed by atoms with Crippen LogP contribution in [-0.4, -0.2) is 12.2 Å². The van der Waals surface area contributed by atoms with E-state index in [0.717, 1.165) is 0 Å². The Morgan fingerprint density at radius 1 is 1.29 bits per heavy atom. The molecule has 0 aliphatic carbocycles. The maximum absolute atomic E-state index is 12.5. The van der Waals surface area contributed by atoms with E-state index in [4.69, 9.17) is 0 Å². The molecule has 0 aromatic rings. The Morgan fingerprint density at radius 3 is 2.21 bits per heavy atom. The summed E-state index contributed by atoms with van der Waals surface area (Å²) in [5, 5.41) is 0. The number of ketones is 1. The molecule has 14 heavy (non-hydrogen) atoms. The quantitative estimate of drug-likeness (QED) is 0.621. The molecule has 0 fully saturated rings. The number of rotatable bonds is 7. The number of alkyl halides is 2. The van der Waals surface area contributed by atoms with Gasteiger partial charge in [0.25, 0.3) is 0 Å². The molecular weight excluding hydrogens is 186 g/mol. The van der Waals surface area contributed by atoms with Gasteiger partial charge in [0.1, 0.15) is 5.78 Å². The van der Waals surface area contributed by atoms with Crippen molar-refractivity contribution in [3.63, 3.8) is 0 Å². The fourth-order valence-corrected chi connectivity index (χ4v) is 1.48. The first-order chi connectivity index (χ1) is 6.47. The maximum Gasteiger partial charge on any atom is 0.241 e. The van der Waals surface area contributed by atoms with Gasteiger partial charge in [0.15, 0.2) is 0 Å². The molecule has 0 rings (SSSR count). The molecule has 0 N–H and O–H groups in total. The number of Topliss-reactive ketones (excluding diaryl/α,β-unsaturated/α-hetero) is 1. The Kier molecular flexibility index (Phi) is 6.67. The molecular formula is C11H20F2O. The fourth-order valence-electron chi connectivity index (χ4n) is 1.48. The summed E-state index contributed by atoms with van der Waals surface area (Å²) in [6.07, 6.45) is -0.686. The summed E-state index contributed by atoms with van der Waals surface area (Å²) in [5.41, 5.74) is 0. The predicted molar refractivity (Wildman–Crippen MR) is 53.5 cm³/mol. The van der Waals surface area contributed by atoms with Crippen molar-refractivity contribution < 1.29 is 13.6 Å². The van der Waals surface area contributed by atoms with Gasteiger partial charge in [0, 0.05) is 18.8 Å². The average Bonchev–Trinajstić information content (AvgIpc) is 2.10. The molecule has 0 aromatic heterocycles. The van der Waals surface area contributed by atoms with Crippen LogP contribution in [-0.2, 0) is 4.79 Å². The molecule has 3 heteroatoms. The minimum atomic E-state index is -2.29. The number of carbonyl (C=O) groups excluding carboxylic acids is 1. The van der Waals surface area contributed by atoms with Crippen LogP contribution in [0.4, 0.5) is 8.78 Å². The Balaban J connectivity index is 3.91. The Bertz CT molecular complexity index is 167. The van der Waals surface area contributed by atoms with Crippen LogP contribution in [0.25, 0.3) is 0 Å². The number of hydrogen-bond acceptors (Lipinski definition) is 1. The van der Waals surface area contributed by atoms with Crippen molar-refractivity contribution >= 4 is 5.78 Å². The lowest BCUT2D eigenvalue weighted by Gasteiger charge is -2.17. The third-order valence-electron chi connectivity index (χ3n) is 2.32. The number of carbonyl (C=O) groups is 1. The molecule has 0 amide bonds. The predicted octanol–water partition coefficient (Wildman–Crippen LogP) is 3.67. The SMILES string of the molecule is CCC(=O)CC[C@@H](CC(C)C)C(F)F. The molecule has 0 bridgehead atoms. The van der Waals surface area contributed by atoms with Gasteiger partial charge in [0.05, 0.1) is 0 Å². The van der Waals surface area contributed by atoms with E-state index in [1.807, 2.05) is 13.8 Å². The highest BCUT2D eigenvalue weighted by atomic mass is 19.3. The Labute approximate surface area is 84.9 Å². The summed E-state index contributed by atoms with van der Waals surface area (Å²) in [7, 11) is 0. The summed E-state index contributed by atoms with van der Waals surface area (Å²) >= 11 is 0. The molecule has 1 nitrogen and oxygen atoms in total. The monoisotopic (exact) mass is 206 g/mol. The van der Waals surface area contributed by atoms with Gasteiger partial charge in [-0.3, -0.25) is 4.79 Å². The van der Waals surface area contributed by atoms with Crippen LogP contribution in [0.15, 0.2) is 0 Å². The van der Waals surface area contributed by atoms with Crippen LogP contribution in [0.1, 0.15) is 46.5 Å². The van der Waals surface area contributed by atoms with Gasteiger partial charge in [-0.1, -0.05) is 20.8 Å². The first-order valence-corrected chi connectivity index (χ1v) is 5.27. The molecule has 0 aliphatic rings. The molecule has 0 unspecified atom stereocenters. The van der Waals surface area contributed by atoms with Crippen molar-refractivity contribution in [3.05, 3.63) is 0 Å². The Hall–Kier alpha value is -0.470. The number of hydrogen-bond donors (Lipinski definition) is 0. The van der Waals surface area contributed by atoms with Crippen molar-refractivity contribution in [2.45, 2.75) is 52.9 Å². The first-order valence-electron chi connectivity index (χ1n) is 5.27. The standard InChI is InChI=1S/C11H20F2O/c1-4-10(14)6-5-9(11(12)13)7-8(2)3/h8-9,11H,4-7H2,1-3H3/t9-/m0/s1. The van der Waals surface area contributed by atoms with Crippen molar-refractivity contribution in [1.29, 1.82) is 0 Å². The zero-order chi connectivity index (χ0) is 11.1. The highest BCUT2D eigenvalue weighted by molar-refractivity contribution is 5.77. The second kappa shape index (κ2) is 6.91. The number of halogens is 2. The fraction of sp³-hybridized carbons (Fsp3) is 0.909. The van der Waals surface area contributed by atoms with E-state index >= 15 is 0 Å². The maximum atomic E-state index is 12.5. The van der Waals surface area contributed by atoms with E-state index in [1.165, 1.54) is 0 Å². The highest BCUT2D eigenvalue weighted by Gasteiger charge is 2.21. The lowest BCUT2D eigenvalue weighted by Crippen LogP contribution is -2.15.